The molecule has 0 unspecified atom stereocenters. The molecule has 0 atom stereocenters. The minimum Gasteiger partial charge on any atom is -0.405 e. The summed E-state index contributed by atoms with van der Waals surface area (Å²) in [5.74, 6) is -0.819. The monoisotopic (exact) mass is 444 g/mol. The number of hydrogen-bond donors (Lipinski definition) is 1. The predicted molar refractivity (Wildman–Crippen MR) is 105 cm³/mol. The van der Waals surface area contributed by atoms with Gasteiger partial charge in [-0.3, -0.25) is 4.79 Å². The molecule has 0 bridgehead atoms. The molecule has 6 nitrogen and oxygen atoms in total. The van der Waals surface area contributed by atoms with Gasteiger partial charge in [0, 0.05) is 32.1 Å². The Morgan fingerprint density at radius 2 is 1.80 bits per heavy atom. The van der Waals surface area contributed by atoms with Gasteiger partial charge < -0.3 is 9.64 Å². The summed E-state index contributed by atoms with van der Waals surface area (Å²) in [6.45, 7) is 3.28. The first-order valence-corrected chi connectivity index (χ1v) is 10.5. The van der Waals surface area contributed by atoms with E-state index in [0.717, 1.165) is 5.56 Å². The summed E-state index contributed by atoms with van der Waals surface area (Å²) >= 11 is 0. The smallest absolute Gasteiger partial charge is 0.405 e. The van der Waals surface area contributed by atoms with Crippen molar-refractivity contribution in [3.05, 3.63) is 59.2 Å². The van der Waals surface area contributed by atoms with Crippen LogP contribution in [0.15, 0.2) is 47.4 Å². The number of hydrogen-bond acceptors (Lipinski definition) is 4. The van der Waals surface area contributed by atoms with Gasteiger partial charge in [0.2, 0.25) is 15.9 Å². The third-order valence-corrected chi connectivity index (χ3v) is 5.90. The molecule has 164 valence electrons. The molecule has 0 aliphatic carbocycles. The van der Waals surface area contributed by atoms with Crippen molar-refractivity contribution in [3.63, 3.8) is 0 Å². The number of aryl methyl sites for hydroxylation is 2. The number of benzene rings is 2. The van der Waals surface area contributed by atoms with Gasteiger partial charge in [0.1, 0.15) is 5.75 Å². The molecule has 0 spiro atoms. The molecule has 0 saturated carbocycles. The van der Waals surface area contributed by atoms with Crippen LogP contribution in [0.1, 0.15) is 23.1 Å². The highest BCUT2D eigenvalue weighted by molar-refractivity contribution is 7.89. The van der Waals surface area contributed by atoms with Crippen LogP contribution in [0.2, 0.25) is 0 Å². The van der Waals surface area contributed by atoms with Gasteiger partial charge in [-0.05, 0) is 31.5 Å². The average molecular weight is 444 g/mol. The van der Waals surface area contributed by atoms with E-state index in [1.165, 1.54) is 42.3 Å². The number of carbonyl (C=O) groups excluding carboxylic acids is 1. The van der Waals surface area contributed by atoms with Gasteiger partial charge in [-0.15, -0.1) is 13.2 Å². The van der Waals surface area contributed by atoms with E-state index in [4.69, 9.17) is 0 Å². The van der Waals surface area contributed by atoms with Crippen molar-refractivity contribution >= 4 is 15.9 Å². The summed E-state index contributed by atoms with van der Waals surface area (Å²) in [5.41, 5.74) is 1.70. The van der Waals surface area contributed by atoms with E-state index in [1.807, 2.05) is 6.92 Å². The van der Waals surface area contributed by atoms with Crippen molar-refractivity contribution in [2.24, 2.45) is 0 Å². The summed E-state index contributed by atoms with van der Waals surface area (Å²) in [5, 5.41) is 0. The van der Waals surface area contributed by atoms with E-state index in [0.29, 0.717) is 5.56 Å². The Labute approximate surface area is 173 Å². The average Bonchev–Trinajstić information content (AvgIpc) is 2.61. The second kappa shape index (κ2) is 9.48. The zero-order valence-corrected chi connectivity index (χ0v) is 17.6. The molecule has 0 fully saturated rings. The van der Waals surface area contributed by atoms with Gasteiger partial charge in [0.25, 0.3) is 0 Å². The van der Waals surface area contributed by atoms with E-state index in [1.54, 1.807) is 19.1 Å². The van der Waals surface area contributed by atoms with Crippen LogP contribution in [0.5, 0.6) is 5.75 Å². The Morgan fingerprint density at radius 1 is 1.13 bits per heavy atom. The molecular weight excluding hydrogens is 421 g/mol. The van der Waals surface area contributed by atoms with Crippen molar-refractivity contribution in [1.82, 2.24) is 9.62 Å². The van der Waals surface area contributed by atoms with E-state index < -0.39 is 22.3 Å². The van der Waals surface area contributed by atoms with E-state index in [9.17, 15) is 26.4 Å². The van der Waals surface area contributed by atoms with Crippen molar-refractivity contribution in [2.75, 3.05) is 13.6 Å². The fraction of sp³-hybridized carbons (Fsp3) is 0.350. The zero-order chi connectivity index (χ0) is 22.5. The molecule has 0 radical (unpaired) electrons. The Morgan fingerprint density at radius 3 is 2.43 bits per heavy atom. The highest BCUT2D eigenvalue weighted by Gasteiger charge is 2.32. The van der Waals surface area contributed by atoms with Crippen LogP contribution in [0.25, 0.3) is 0 Å². The lowest BCUT2D eigenvalue weighted by atomic mass is 10.2. The lowest BCUT2D eigenvalue weighted by Gasteiger charge is -2.20. The molecule has 0 heterocycles. The summed E-state index contributed by atoms with van der Waals surface area (Å²) < 4.78 is 68.8. The molecule has 1 amide bonds. The van der Waals surface area contributed by atoms with Crippen LogP contribution in [0.3, 0.4) is 0 Å². The van der Waals surface area contributed by atoms with Gasteiger partial charge in [-0.25, -0.2) is 13.1 Å². The molecule has 1 N–H and O–H groups in total. The van der Waals surface area contributed by atoms with Gasteiger partial charge in [-0.1, -0.05) is 35.9 Å². The Bertz CT molecular complexity index is 1010. The van der Waals surface area contributed by atoms with Gasteiger partial charge in [0.05, 0.1) is 4.90 Å². The second-order valence-electron chi connectivity index (χ2n) is 6.82. The number of ether oxygens (including phenoxy) is 1. The standard InChI is InChI=1S/C20H23F3N2O4S/c1-14-8-9-18(15(2)12-14)30(27,28)24-11-10-19(26)25(3)13-16-6-4-5-7-17(16)29-20(21,22)23/h4-9,12,24H,10-11,13H2,1-3H3. The largest absolute Gasteiger partial charge is 0.573 e. The lowest BCUT2D eigenvalue weighted by Crippen LogP contribution is -2.32. The maximum absolute atomic E-state index is 12.5. The van der Waals surface area contributed by atoms with Crippen molar-refractivity contribution in [2.45, 2.75) is 38.1 Å². The Hall–Kier alpha value is -2.59. The highest BCUT2D eigenvalue weighted by Crippen LogP contribution is 2.27. The molecule has 2 aromatic rings. The number of amides is 1. The number of rotatable bonds is 8. The van der Waals surface area contributed by atoms with E-state index in [-0.39, 0.29) is 35.7 Å². The molecule has 0 aromatic heterocycles. The van der Waals surface area contributed by atoms with E-state index in [2.05, 4.69) is 9.46 Å². The Kier molecular flexibility index (Phi) is 7.49. The van der Waals surface area contributed by atoms with Crippen LogP contribution >= 0.6 is 0 Å². The third-order valence-electron chi connectivity index (χ3n) is 4.28. The summed E-state index contributed by atoms with van der Waals surface area (Å²) in [6.07, 6.45) is -4.99. The number of para-hydroxylation sites is 1. The quantitative estimate of drug-likeness (QED) is 0.676. The molecule has 0 aliphatic heterocycles. The highest BCUT2D eigenvalue weighted by atomic mass is 32.2. The minimum absolute atomic E-state index is 0.116. The fourth-order valence-corrected chi connectivity index (χ4v) is 4.12. The SMILES string of the molecule is Cc1ccc(S(=O)(=O)NCCC(=O)N(C)Cc2ccccc2OC(F)(F)F)c(C)c1. The van der Waals surface area contributed by atoms with Crippen molar-refractivity contribution in [3.8, 4) is 5.75 Å². The maximum atomic E-state index is 12.5. The van der Waals surface area contributed by atoms with Gasteiger partial charge in [0.15, 0.2) is 0 Å². The van der Waals surface area contributed by atoms with Crippen LogP contribution in [0, 0.1) is 13.8 Å². The predicted octanol–water partition coefficient (Wildman–Crippen LogP) is 3.53. The number of halogens is 3. The first-order valence-electron chi connectivity index (χ1n) is 9.03. The van der Waals surface area contributed by atoms with Crippen LogP contribution < -0.4 is 9.46 Å². The third kappa shape index (κ3) is 6.74. The zero-order valence-electron chi connectivity index (χ0n) is 16.8. The molecule has 30 heavy (non-hydrogen) atoms. The summed E-state index contributed by atoms with van der Waals surface area (Å²) in [6, 6.07) is 10.4. The maximum Gasteiger partial charge on any atom is 0.573 e. The molecule has 0 aliphatic rings. The normalized spacial score (nSPS) is 11.9. The van der Waals surface area contributed by atoms with Crippen molar-refractivity contribution < 1.29 is 31.1 Å². The fourth-order valence-electron chi connectivity index (χ4n) is 2.86. The second-order valence-corrected chi connectivity index (χ2v) is 8.56. The summed E-state index contributed by atoms with van der Waals surface area (Å²) in [4.78, 5) is 13.6. The van der Waals surface area contributed by atoms with Crippen LogP contribution in [-0.4, -0.2) is 39.2 Å². The minimum atomic E-state index is -4.84. The van der Waals surface area contributed by atoms with Gasteiger partial charge in [-0.2, -0.15) is 0 Å². The first kappa shape index (κ1) is 23.7. The number of alkyl halides is 3. The number of sulfonamides is 1. The lowest BCUT2D eigenvalue weighted by molar-refractivity contribution is -0.275. The molecule has 2 rings (SSSR count). The number of nitrogens with one attached hydrogen (secondary N) is 1. The van der Waals surface area contributed by atoms with Gasteiger partial charge >= 0.3 is 6.36 Å². The molecule has 2 aromatic carbocycles. The molecule has 10 heteroatoms. The molecule has 0 saturated heterocycles. The van der Waals surface area contributed by atoms with Crippen LogP contribution in [0.4, 0.5) is 13.2 Å². The number of nitrogens with zero attached hydrogens (tertiary/aromatic N) is 1. The topological polar surface area (TPSA) is 75.7 Å². The number of carbonyl (C=O) groups is 1. The summed E-state index contributed by atoms with van der Waals surface area (Å²) in [7, 11) is -2.36. The van der Waals surface area contributed by atoms with Crippen LogP contribution in [-0.2, 0) is 21.4 Å². The van der Waals surface area contributed by atoms with E-state index >= 15 is 0 Å². The van der Waals surface area contributed by atoms with Crippen molar-refractivity contribution in [1.29, 1.82) is 0 Å². The first-order chi connectivity index (χ1) is 13.9. The molecular formula is C20H23F3N2O4S. The Balaban J connectivity index is 1.96.